The van der Waals surface area contributed by atoms with Gasteiger partial charge in [0.1, 0.15) is 12.2 Å². The molecule has 6 heteroatoms. The van der Waals surface area contributed by atoms with E-state index < -0.39 is 11.8 Å². The molecule has 1 N–H and O–H groups in total. The van der Waals surface area contributed by atoms with Crippen molar-refractivity contribution in [2.45, 2.75) is 6.61 Å². The lowest BCUT2D eigenvalue weighted by atomic mass is 10.2. The molecule has 0 spiro atoms. The van der Waals surface area contributed by atoms with Crippen molar-refractivity contribution in [3.8, 4) is 5.75 Å². The fourth-order valence-corrected chi connectivity index (χ4v) is 1.67. The van der Waals surface area contributed by atoms with Crippen LogP contribution in [0.25, 0.3) is 0 Å². The lowest BCUT2D eigenvalue weighted by molar-refractivity contribution is 0.0690. The van der Waals surface area contributed by atoms with Gasteiger partial charge in [-0.1, -0.05) is 17.7 Å². The number of carboxylic acids is 1. The standard InChI is InChI=1S/C13H9ClFNO3/c14-10-6-16-5-4-8(10)7-19-12-9(13(17)18)2-1-3-11(12)15/h1-6H,7H2,(H,17,18). The van der Waals surface area contributed by atoms with Crippen molar-refractivity contribution in [3.05, 3.63) is 58.6 Å². The molecule has 0 fully saturated rings. The predicted octanol–water partition coefficient (Wildman–Crippen LogP) is 3.15. The van der Waals surface area contributed by atoms with Crippen LogP contribution in [0.1, 0.15) is 15.9 Å². The number of hydrogen-bond donors (Lipinski definition) is 1. The summed E-state index contributed by atoms with van der Waals surface area (Å²) in [5.41, 5.74) is 0.362. The Morgan fingerprint density at radius 3 is 2.89 bits per heavy atom. The monoisotopic (exact) mass is 281 g/mol. The number of para-hydroxylation sites is 1. The Balaban J connectivity index is 2.25. The fourth-order valence-electron chi connectivity index (χ4n) is 1.49. The van der Waals surface area contributed by atoms with Crippen molar-refractivity contribution in [2.75, 3.05) is 0 Å². The molecule has 0 bridgehead atoms. The number of aromatic nitrogens is 1. The molecule has 1 aromatic heterocycles. The summed E-state index contributed by atoms with van der Waals surface area (Å²) in [6.45, 7) is -0.0391. The second-order valence-corrected chi connectivity index (χ2v) is 4.08. The van der Waals surface area contributed by atoms with Gasteiger partial charge in [-0.2, -0.15) is 0 Å². The van der Waals surface area contributed by atoms with Crippen LogP contribution < -0.4 is 4.74 Å². The highest BCUT2D eigenvalue weighted by atomic mass is 35.5. The van der Waals surface area contributed by atoms with Crippen LogP contribution in [0.15, 0.2) is 36.7 Å². The van der Waals surface area contributed by atoms with Crippen LogP contribution >= 0.6 is 11.6 Å². The van der Waals surface area contributed by atoms with Gasteiger partial charge in [0.15, 0.2) is 11.6 Å². The van der Waals surface area contributed by atoms with Crippen molar-refractivity contribution in [3.63, 3.8) is 0 Å². The van der Waals surface area contributed by atoms with Gasteiger partial charge in [0.05, 0.1) is 5.02 Å². The maximum Gasteiger partial charge on any atom is 0.339 e. The van der Waals surface area contributed by atoms with Crippen molar-refractivity contribution >= 4 is 17.6 Å². The Hall–Kier alpha value is -2.14. The average molecular weight is 282 g/mol. The van der Waals surface area contributed by atoms with E-state index in [1.807, 2.05) is 0 Å². The molecule has 0 radical (unpaired) electrons. The summed E-state index contributed by atoms with van der Waals surface area (Å²) in [4.78, 5) is 14.8. The summed E-state index contributed by atoms with van der Waals surface area (Å²) < 4.78 is 18.8. The highest BCUT2D eigenvalue weighted by molar-refractivity contribution is 6.31. The first-order chi connectivity index (χ1) is 9.09. The van der Waals surface area contributed by atoms with Crippen LogP contribution in [-0.4, -0.2) is 16.1 Å². The quantitative estimate of drug-likeness (QED) is 0.935. The summed E-state index contributed by atoms with van der Waals surface area (Å²) in [5, 5.41) is 9.33. The molecule has 0 aliphatic heterocycles. The Morgan fingerprint density at radius 2 is 2.21 bits per heavy atom. The van der Waals surface area contributed by atoms with Crippen LogP contribution in [0.4, 0.5) is 4.39 Å². The van der Waals surface area contributed by atoms with Crippen LogP contribution in [0, 0.1) is 5.82 Å². The zero-order valence-corrected chi connectivity index (χ0v) is 10.4. The molecule has 0 aliphatic carbocycles. The minimum Gasteiger partial charge on any atom is -0.485 e. The molecule has 2 rings (SSSR count). The molecule has 0 saturated carbocycles. The zero-order valence-electron chi connectivity index (χ0n) is 9.64. The number of benzene rings is 1. The Bertz CT molecular complexity index is 619. The van der Waals surface area contributed by atoms with E-state index in [2.05, 4.69) is 4.98 Å². The van der Waals surface area contributed by atoms with E-state index >= 15 is 0 Å². The minimum atomic E-state index is -1.25. The molecule has 0 aliphatic rings. The molecular formula is C13H9ClFNO3. The maximum atomic E-state index is 13.6. The van der Waals surface area contributed by atoms with Gasteiger partial charge in [0.25, 0.3) is 0 Å². The molecule has 4 nitrogen and oxygen atoms in total. The largest absolute Gasteiger partial charge is 0.485 e. The number of carbonyl (C=O) groups is 1. The third-order valence-corrected chi connectivity index (χ3v) is 2.77. The molecule has 1 aromatic carbocycles. The van der Waals surface area contributed by atoms with E-state index in [0.29, 0.717) is 10.6 Å². The van der Waals surface area contributed by atoms with Crippen molar-refractivity contribution in [1.82, 2.24) is 4.98 Å². The zero-order chi connectivity index (χ0) is 13.8. The van der Waals surface area contributed by atoms with Gasteiger partial charge in [-0.15, -0.1) is 0 Å². The number of hydrogen-bond acceptors (Lipinski definition) is 3. The molecule has 98 valence electrons. The molecule has 0 saturated heterocycles. The van der Waals surface area contributed by atoms with Gasteiger partial charge in [-0.3, -0.25) is 4.98 Å². The van der Waals surface area contributed by atoms with Gasteiger partial charge >= 0.3 is 5.97 Å². The Morgan fingerprint density at radius 1 is 1.42 bits per heavy atom. The van der Waals surface area contributed by atoms with E-state index in [4.69, 9.17) is 21.4 Å². The van der Waals surface area contributed by atoms with Gasteiger partial charge in [0, 0.05) is 18.0 Å². The summed E-state index contributed by atoms with van der Waals surface area (Å²) in [6, 6.07) is 5.33. The number of ether oxygens (including phenoxy) is 1. The Kier molecular flexibility index (Phi) is 3.97. The topological polar surface area (TPSA) is 59.4 Å². The molecule has 0 atom stereocenters. The number of nitrogens with zero attached hydrogens (tertiary/aromatic N) is 1. The van der Waals surface area contributed by atoms with Crippen LogP contribution in [-0.2, 0) is 6.61 Å². The highest BCUT2D eigenvalue weighted by Gasteiger charge is 2.16. The predicted molar refractivity (Wildman–Crippen MR) is 66.9 cm³/mol. The average Bonchev–Trinajstić information content (AvgIpc) is 2.38. The first-order valence-electron chi connectivity index (χ1n) is 5.32. The lowest BCUT2D eigenvalue weighted by Gasteiger charge is -2.10. The molecule has 0 amide bonds. The molecule has 1 heterocycles. The summed E-state index contributed by atoms with van der Waals surface area (Å²) in [7, 11) is 0. The van der Waals surface area contributed by atoms with Crippen molar-refractivity contribution in [2.24, 2.45) is 0 Å². The van der Waals surface area contributed by atoms with Gasteiger partial charge in [0.2, 0.25) is 0 Å². The van der Waals surface area contributed by atoms with E-state index in [1.165, 1.54) is 24.5 Å². The summed E-state index contributed by atoms with van der Waals surface area (Å²) in [6.07, 6.45) is 2.95. The van der Waals surface area contributed by atoms with Crippen LogP contribution in [0.3, 0.4) is 0 Å². The molecule has 2 aromatic rings. The van der Waals surface area contributed by atoms with Crippen molar-refractivity contribution < 1.29 is 19.0 Å². The normalized spacial score (nSPS) is 10.2. The van der Waals surface area contributed by atoms with Crippen LogP contribution in [0.2, 0.25) is 5.02 Å². The third-order valence-electron chi connectivity index (χ3n) is 2.43. The van der Waals surface area contributed by atoms with E-state index in [9.17, 15) is 9.18 Å². The first-order valence-corrected chi connectivity index (χ1v) is 5.70. The smallest absolute Gasteiger partial charge is 0.339 e. The second kappa shape index (κ2) is 5.67. The molecule has 19 heavy (non-hydrogen) atoms. The number of carboxylic acid groups (broad SMARTS) is 1. The first kappa shape index (κ1) is 13.3. The Labute approximate surface area is 113 Å². The lowest BCUT2D eigenvalue weighted by Crippen LogP contribution is -2.05. The SMILES string of the molecule is O=C(O)c1cccc(F)c1OCc1ccncc1Cl. The third kappa shape index (κ3) is 3.00. The van der Waals surface area contributed by atoms with Gasteiger partial charge in [-0.25, -0.2) is 9.18 Å². The van der Waals surface area contributed by atoms with Crippen molar-refractivity contribution in [1.29, 1.82) is 0 Å². The second-order valence-electron chi connectivity index (χ2n) is 3.68. The highest BCUT2D eigenvalue weighted by Crippen LogP contribution is 2.25. The molecular weight excluding hydrogens is 273 g/mol. The summed E-state index contributed by atoms with van der Waals surface area (Å²) >= 11 is 5.88. The van der Waals surface area contributed by atoms with E-state index in [-0.39, 0.29) is 17.9 Å². The number of rotatable bonds is 4. The van der Waals surface area contributed by atoms with Crippen LogP contribution in [0.5, 0.6) is 5.75 Å². The minimum absolute atomic E-state index is 0.0391. The number of aromatic carboxylic acids is 1. The summed E-state index contributed by atoms with van der Waals surface area (Å²) in [5.74, 6) is -2.29. The maximum absolute atomic E-state index is 13.6. The van der Waals surface area contributed by atoms with E-state index in [0.717, 1.165) is 6.07 Å². The van der Waals surface area contributed by atoms with Gasteiger partial charge < -0.3 is 9.84 Å². The van der Waals surface area contributed by atoms with E-state index in [1.54, 1.807) is 6.07 Å². The van der Waals surface area contributed by atoms with Gasteiger partial charge in [-0.05, 0) is 18.2 Å². The fraction of sp³-hybridized carbons (Fsp3) is 0.0769. The number of pyridine rings is 1. The number of halogens is 2. The molecule has 0 unspecified atom stereocenters.